The first-order chi connectivity index (χ1) is 9.79. The summed E-state index contributed by atoms with van der Waals surface area (Å²) < 4.78 is 50.8. The van der Waals surface area contributed by atoms with Gasteiger partial charge in [-0.1, -0.05) is 30.3 Å². The first-order valence-corrected chi connectivity index (χ1v) is 6.23. The molecule has 110 valence electrons. The minimum atomic E-state index is -4.76. The maximum Gasteiger partial charge on any atom is 0.419 e. The molecule has 0 fully saturated rings. The van der Waals surface area contributed by atoms with Crippen LogP contribution < -0.4 is 0 Å². The number of Topliss-reactive ketones (excluding diaryl/α,β-unsaturated/α-hetero) is 1. The molecule has 0 amide bonds. The van der Waals surface area contributed by atoms with Crippen LogP contribution >= 0.6 is 0 Å². The van der Waals surface area contributed by atoms with Crippen molar-refractivity contribution in [2.24, 2.45) is 0 Å². The number of hydrogen-bond acceptors (Lipinski definition) is 1. The lowest BCUT2D eigenvalue weighted by molar-refractivity contribution is -0.140. The summed E-state index contributed by atoms with van der Waals surface area (Å²) in [6, 6.07) is 9.42. The van der Waals surface area contributed by atoms with Crippen LogP contribution in [0.2, 0.25) is 0 Å². The van der Waals surface area contributed by atoms with Crippen LogP contribution in [0.5, 0.6) is 0 Å². The van der Waals surface area contributed by atoms with Crippen molar-refractivity contribution in [3.8, 4) is 0 Å². The van der Waals surface area contributed by atoms with E-state index in [0.717, 1.165) is 17.2 Å². The normalized spacial score (nSPS) is 11.5. The highest BCUT2D eigenvalue weighted by atomic mass is 19.4. The van der Waals surface area contributed by atoms with Crippen molar-refractivity contribution in [2.45, 2.75) is 19.5 Å². The largest absolute Gasteiger partial charge is 0.419 e. The molecule has 0 unspecified atom stereocenters. The highest BCUT2D eigenvalue weighted by molar-refractivity contribution is 5.97. The molecule has 21 heavy (non-hydrogen) atoms. The molecule has 2 aromatic carbocycles. The SMILES string of the molecule is Cc1ccccc1CC(=O)c1ccc(C(F)(F)F)c(F)c1. The topological polar surface area (TPSA) is 17.1 Å². The fourth-order valence-electron chi connectivity index (χ4n) is 2.00. The standard InChI is InChI=1S/C16H12F4O/c1-10-4-2-3-5-11(10)9-15(21)12-6-7-13(14(17)8-12)16(18,19)20/h2-8H,9H2,1H3. The van der Waals surface area contributed by atoms with E-state index in [9.17, 15) is 22.4 Å². The molecule has 0 N–H and O–H groups in total. The molecule has 0 spiro atoms. The lowest BCUT2D eigenvalue weighted by Gasteiger charge is -2.09. The van der Waals surface area contributed by atoms with Crippen LogP contribution in [0.15, 0.2) is 42.5 Å². The van der Waals surface area contributed by atoms with Crippen molar-refractivity contribution in [1.29, 1.82) is 0 Å². The number of aryl methyl sites for hydroxylation is 1. The summed E-state index contributed by atoms with van der Waals surface area (Å²) in [6.07, 6.45) is -4.74. The molecule has 2 rings (SSSR count). The average molecular weight is 296 g/mol. The minimum absolute atomic E-state index is 0.0253. The lowest BCUT2D eigenvalue weighted by Crippen LogP contribution is -2.11. The molecule has 0 heterocycles. The molecule has 1 nitrogen and oxygen atoms in total. The summed E-state index contributed by atoms with van der Waals surface area (Å²) in [5, 5.41) is 0. The number of halogens is 4. The van der Waals surface area contributed by atoms with Gasteiger partial charge in [-0.05, 0) is 30.2 Å². The van der Waals surface area contributed by atoms with Crippen molar-refractivity contribution in [3.05, 3.63) is 70.5 Å². The van der Waals surface area contributed by atoms with Gasteiger partial charge in [0, 0.05) is 12.0 Å². The van der Waals surface area contributed by atoms with E-state index in [1.165, 1.54) is 0 Å². The van der Waals surface area contributed by atoms with Gasteiger partial charge in [-0.15, -0.1) is 0 Å². The number of ketones is 1. The molecule has 0 saturated heterocycles. The Hall–Kier alpha value is -2.17. The van der Waals surface area contributed by atoms with E-state index < -0.39 is 23.3 Å². The summed E-state index contributed by atoms with van der Waals surface area (Å²) in [5.41, 5.74) is 0.236. The molecule has 5 heteroatoms. The van der Waals surface area contributed by atoms with Gasteiger partial charge in [0.05, 0.1) is 5.56 Å². The second kappa shape index (κ2) is 5.68. The fourth-order valence-corrected chi connectivity index (χ4v) is 2.00. The van der Waals surface area contributed by atoms with Crippen LogP contribution in [-0.4, -0.2) is 5.78 Å². The fraction of sp³-hybridized carbons (Fsp3) is 0.188. The number of carbonyl (C=O) groups is 1. The number of hydrogen-bond donors (Lipinski definition) is 0. The summed E-state index contributed by atoms with van der Waals surface area (Å²) in [4.78, 5) is 12.0. The maximum atomic E-state index is 13.5. The predicted octanol–water partition coefficient (Wildman–Crippen LogP) is 4.58. The first kappa shape index (κ1) is 15.2. The van der Waals surface area contributed by atoms with E-state index in [1.54, 1.807) is 12.1 Å². The van der Waals surface area contributed by atoms with E-state index in [1.807, 2.05) is 19.1 Å². The molecule has 0 bridgehead atoms. The van der Waals surface area contributed by atoms with Gasteiger partial charge in [-0.2, -0.15) is 13.2 Å². The number of rotatable bonds is 3. The van der Waals surface area contributed by atoms with Crippen molar-refractivity contribution in [3.63, 3.8) is 0 Å². The Labute approximate surface area is 119 Å². The van der Waals surface area contributed by atoms with E-state index in [0.29, 0.717) is 12.1 Å². The summed E-state index contributed by atoms with van der Waals surface area (Å²) in [6.45, 7) is 1.83. The molecule has 0 radical (unpaired) electrons. The van der Waals surface area contributed by atoms with Crippen molar-refractivity contribution >= 4 is 5.78 Å². The van der Waals surface area contributed by atoms with Gasteiger partial charge in [-0.25, -0.2) is 4.39 Å². The highest BCUT2D eigenvalue weighted by Gasteiger charge is 2.34. The highest BCUT2D eigenvalue weighted by Crippen LogP contribution is 2.31. The Morgan fingerprint density at radius 1 is 1.10 bits per heavy atom. The van der Waals surface area contributed by atoms with Crippen LogP contribution in [0.3, 0.4) is 0 Å². The molecule has 0 aromatic heterocycles. The van der Waals surface area contributed by atoms with E-state index in [2.05, 4.69) is 0 Å². The Kier molecular flexibility index (Phi) is 4.11. The lowest BCUT2D eigenvalue weighted by atomic mass is 9.98. The molecule has 0 aliphatic carbocycles. The summed E-state index contributed by atoms with van der Waals surface area (Å²) in [5.74, 6) is -1.85. The van der Waals surface area contributed by atoms with Gasteiger partial charge < -0.3 is 0 Å². The average Bonchev–Trinajstić information content (AvgIpc) is 2.39. The van der Waals surface area contributed by atoms with Gasteiger partial charge in [0.1, 0.15) is 5.82 Å². The third-order valence-corrected chi connectivity index (χ3v) is 3.21. The number of benzene rings is 2. The van der Waals surface area contributed by atoms with E-state index >= 15 is 0 Å². The zero-order valence-electron chi connectivity index (χ0n) is 11.2. The molecular weight excluding hydrogens is 284 g/mol. The second-order valence-corrected chi connectivity index (χ2v) is 4.72. The molecule has 2 aromatic rings. The van der Waals surface area contributed by atoms with Gasteiger partial charge in [-0.3, -0.25) is 4.79 Å². The van der Waals surface area contributed by atoms with E-state index in [4.69, 9.17) is 0 Å². The Bertz CT molecular complexity index is 674. The van der Waals surface area contributed by atoms with Crippen molar-refractivity contribution in [2.75, 3.05) is 0 Å². The van der Waals surface area contributed by atoms with Crippen LogP contribution in [0, 0.1) is 12.7 Å². The minimum Gasteiger partial charge on any atom is -0.294 e. The molecular formula is C16H12F4O. The Morgan fingerprint density at radius 2 is 1.76 bits per heavy atom. The molecule has 0 aliphatic rings. The summed E-state index contributed by atoms with van der Waals surface area (Å²) >= 11 is 0. The van der Waals surface area contributed by atoms with Gasteiger partial charge in [0.2, 0.25) is 0 Å². The molecule has 0 aliphatic heterocycles. The third-order valence-electron chi connectivity index (χ3n) is 3.21. The van der Waals surface area contributed by atoms with Gasteiger partial charge in [0.15, 0.2) is 5.78 Å². The zero-order valence-corrected chi connectivity index (χ0v) is 11.2. The summed E-state index contributed by atoms with van der Waals surface area (Å²) in [7, 11) is 0. The first-order valence-electron chi connectivity index (χ1n) is 6.23. The monoisotopic (exact) mass is 296 g/mol. The van der Waals surface area contributed by atoms with Crippen LogP contribution in [0.4, 0.5) is 17.6 Å². The smallest absolute Gasteiger partial charge is 0.294 e. The van der Waals surface area contributed by atoms with E-state index in [-0.39, 0.29) is 12.0 Å². The van der Waals surface area contributed by atoms with Crippen LogP contribution in [-0.2, 0) is 12.6 Å². The van der Waals surface area contributed by atoms with Crippen molar-refractivity contribution in [1.82, 2.24) is 0 Å². The quantitative estimate of drug-likeness (QED) is 0.598. The second-order valence-electron chi connectivity index (χ2n) is 4.72. The Morgan fingerprint density at radius 3 is 2.33 bits per heavy atom. The van der Waals surface area contributed by atoms with Crippen LogP contribution in [0.1, 0.15) is 27.0 Å². The van der Waals surface area contributed by atoms with Gasteiger partial charge in [0.25, 0.3) is 0 Å². The van der Waals surface area contributed by atoms with Gasteiger partial charge >= 0.3 is 6.18 Å². The zero-order chi connectivity index (χ0) is 15.6. The Balaban J connectivity index is 2.25. The molecule has 0 atom stereocenters. The molecule has 0 saturated carbocycles. The van der Waals surface area contributed by atoms with Crippen molar-refractivity contribution < 1.29 is 22.4 Å². The number of alkyl halides is 3. The third kappa shape index (κ3) is 3.48. The maximum absolute atomic E-state index is 13.5. The predicted molar refractivity (Wildman–Crippen MR) is 70.6 cm³/mol. The van der Waals surface area contributed by atoms with Crippen LogP contribution in [0.25, 0.3) is 0 Å². The number of carbonyl (C=O) groups excluding carboxylic acids is 1.